The summed E-state index contributed by atoms with van der Waals surface area (Å²) in [6, 6.07) is 8.89. The molecular formula is C15H26N2O. The number of likely N-dealkylation sites (N-methyl/N-ethyl adjacent to an activating group) is 1. The lowest BCUT2D eigenvalue weighted by Gasteiger charge is -2.31. The molecule has 1 unspecified atom stereocenters. The van der Waals surface area contributed by atoms with E-state index in [1.54, 1.807) is 7.11 Å². The third-order valence-corrected chi connectivity index (χ3v) is 3.45. The van der Waals surface area contributed by atoms with E-state index in [1.165, 1.54) is 11.1 Å². The maximum Gasteiger partial charge on any atom is 0.0589 e. The first-order valence-electron chi connectivity index (χ1n) is 6.79. The molecule has 0 fully saturated rings. The minimum atomic E-state index is 0.293. The summed E-state index contributed by atoms with van der Waals surface area (Å²) in [5, 5.41) is 0. The molecule has 1 atom stereocenters. The van der Waals surface area contributed by atoms with E-state index in [9.17, 15) is 0 Å². The summed E-state index contributed by atoms with van der Waals surface area (Å²) >= 11 is 0. The Balaban J connectivity index is 2.92. The van der Waals surface area contributed by atoms with Gasteiger partial charge in [-0.15, -0.1) is 0 Å². The summed E-state index contributed by atoms with van der Waals surface area (Å²) in [6.45, 7) is 7.67. The number of nitrogens with zero attached hydrogens (tertiary/aromatic N) is 1. The number of hydrogen-bond acceptors (Lipinski definition) is 3. The highest BCUT2D eigenvalue weighted by molar-refractivity contribution is 5.30. The van der Waals surface area contributed by atoms with Gasteiger partial charge in [-0.25, -0.2) is 0 Å². The van der Waals surface area contributed by atoms with Gasteiger partial charge in [-0.1, -0.05) is 38.1 Å². The van der Waals surface area contributed by atoms with E-state index in [0.29, 0.717) is 12.6 Å². The van der Waals surface area contributed by atoms with Crippen LogP contribution in [0.4, 0.5) is 0 Å². The maximum atomic E-state index is 5.99. The molecule has 1 rings (SSSR count). The van der Waals surface area contributed by atoms with Gasteiger partial charge in [0.2, 0.25) is 0 Å². The van der Waals surface area contributed by atoms with Gasteiger partial charge in [0.05, 0.1) is 6.61 Å². The van der Waals surface area contributed by atoms with Crippen molar-refractivity contribution in [1.29, 1.82) is 0 Å². The molecule has 0 aliphatic rings. The molecule has 1 aromatic carbocycles. The van der Waals surface area contributed by atoms with Crippen LogP contribution in [-0.4, -0.2) is 38.3 Å². The normalized spacial score (nSPS) is 12.9. The number of methoxy groups -OCH3 is 1. The number of nitrogens with two attached hydrogens (primary N) is 1. The number of hydrogen-bond donors (Lipinski definition) is 1. The van der Waals surface area contributed by atoms with Gasteiger partial charge in [0, 0.05) is 26.2 Å². The van der Waals surface area contributed by atoms with Crippen molar-refractivity contribution in [2.24, 2.45) is 5.73 Å². The lowest BCUT2D eigenvalue weighted by Crippen LogP contribution is -2.36. The molecule has 1 aromatic rings. The zero-order valence-corrected chi connectivity index (χ0v) is 11.9. The molecule has 18 heavy (non-hydrogen) atoms. The van der Waals surface area contributed by atoms with Gasteiger partial charge in [0.1, 0.15) is 0 Å². The number of aryl methyl sites for hydroxylation is 1. The standard InChI is InChI=1S/C15H26N2O/c1-4-13-8-6-7-9-14(13)15(12-16)17(5-2)10-11-18-3/h6-9,15H,4-5,10-12,16H2,1-3H3. The third kappa shape index (κ3) is 3.80. The van der Waals surface area contributed by atoms with Gasteiger partial charge in [-0.05, 0) is 24.1 Å². The van der Waals surface area contributed by atoms with E-state index in [4.69, 9.17) is 10.5 Å². The molecule has 2 N–H and O–H groups in total. The minimum absolute atomic E-state index is 0.293. The lowest BCUT2D eigenvalue weighted by atomic mass is 9.97. The van der Waals surface area contributed by atoms with Crippen molar-refractivity contribution in [2.45, 2.75) is 26.3 Å². The predicted octanol–water partition coefficient (Wildman–Crippen LogP) is 2.22. The fraction of sp³-hybridized carbons (Fsp3) is 0.600. The molecular weight excluding hydrogens is 224 g/mol. The molecule has 0 aliphatic heterocycles. The summed E-state index contributed by atoms with van der Waals surface area (Å²) in [7, 11) is 1.74. The van der Waals surface area contributed by atoms with Crippen molar-refractivity contribution in [2.75, 3.05) is 33.4 Å². The van der Waals surface area contributed by atoms with Crippen LogP contribution in [0.25, 0.3) is 0 Å². The van der Waals surface area contributed by atoms with Crippen LogP contribution < -0.4 is 5.73 Å². The van der Waals surface area contributed by atoms with Crippen molar-refractivity contribution in [1.82, 2.24) is 4.90 Å². The van der Waals surface area contributed by atoms with Gasteiger partial charge in [-0.2, -0.15) is 0 Å². The van der Waals surface area contributed by atoms with Gasteiger partial charge in [-0.3, -0.25) is 4.90 Å². The average molecular weight is 250 g/mol. The molecule has 0 heterocycles. The second-order valence-electron chi connectivity index (χ2n) is 4.43. The molecule has 3 heteroatoms. The van der Waals surface area contributed by atoms with Crippen LogP contribution in [0.5, 0.6) is 0 Å². The van der Waals surface area contributed by atoms with Gasteiger partial charge in [0.25, 0.3) is 0 Å². The van der Waals surface area contributed by atoms with Crippen LogP contribution in [0.2, 0.25) is 0 Å². The van der Waals surface area contributed by atoms with Gasteiger partial charge in [0.15, 0.2) is 0 Å². The highest BCUT2D eigenvalue weighted by Crippen LogP contribution is 2.23. The first kappa shape index (κ1) is 15.2. The third-order valence-electron chi connectivity index (χ3n) is 3.45. The van der Waals surface area contributed by atoms with Crippen LogP contribution >= 0.6 is 0 Å². The Kier molecular flexibility index (Phi) is 6.94. The second kappa shape index (κ2) is 8.25. The monoisotopic (exact) mass is 250 g/mol. The summed E-state index contributed by atoms with van der Waals surface area (Å²) in [5.41, 5.74) is 8.75. The first-order chi connectivity index (χ1) is 8.78. The minimum Gasteiger partial charge on any atom is -0.383 e. The lowest BCUT2D eigenvalue weighted by molar-refractivity contribution is 0.125. The van der Waals surface area contributed by atoms with Crippen molar-refractivity contribution in [3.05, 3.63) is 35.4 Å². The van der Waals surface area contributed by atoms with Crippen LogP contribution in [0.15, 0.2) is 24.3 Å². The Labute approximate surface area is 111 Å². The molecule has 102 valence electrons. The summed E-state index contributed by atoms with van der Waals surface area (Å²) in [6.07, 6.45) is 1.05. The van der Waals surface area contributed by atoms with E-state index < -0.39 is 0 Å². The average Bonchev–Trinajstić information content (AvgIpc) is 2.43. The Hall–Kier alpha value is -0.900. The van der Waals surface area contributed by atoms with Gasteiger partial charge < -0.3 is 10.5 Å². The van der Waals surface area contributed by atoms with E-state index in [0.717, 1.165) is 26.1 Å². The van der Waals surface area contributed by atoms with Gasteiger partial charge >= 0.3 is 0 Å². The summed E-state index contributed by atoms with van der Waals surface area (Å²) in [4.78, 5) is 2.39. The first-order valence-corrected chi connectivity index (χ1v) is 6.79. The van der Waals surface area contributed by atoms with E-state index in [1.807, 2.05) is 0 Å². The van der Waals surface area contributed by atoms with E-state index in [2.05, 4.69) is 43.0 Å². The molecule has 0 bridgehead atoms. The smallest absolute Gasteiger partial charge is 0.0589 e. The molecule has 0 saturated carbocycles. The van der Waals surface area contributed by atoms with Crippen molar-refractivity contribution in [3.63, 3.8) is 0 Å². The molecule has 0 saturated heterocycles. The zero-order chi connectivity index (χ0) is 13.4. The molecule has 0 radical (unpaired) electrons. The van der Waals surface area contributed by atoms with Crippen molar-refractivity contribution in [3.8, 4) is 0 Å². The van der Waals surface area contributed by atoms with Crippen LogP contribution in [0, 0.1) is 0 Å². The van der Waals surface area contributed by atoms with E-state index >= 15 is 0 Å². The van der Waals surface area contributed by atoms with Crippen LogP contribution in [-0.2, 0) is 11.2 Å². The highest BCUT2D eigenvalue weighted by atomic mass is 16.5. The Morgan fingerprint density at radius 2 is 2.00 bits per heavy atom. The zero-order valence-electron chi connectivity index (χ0n) is 11.9. The van der Waals surface area contributed by atoms with E-state index in [-0.39, 0.29) is 0 Å². The quantitative estimate of drug-likeness (QED) is 0.769. The van der Waals surface area contributed by atoms with Crippen molar-refractivity contribution < 1.29 is 4.74 Å². The number of benzene rings is 1. The molecule has 0 aliphatic carbocycles. The van der Waals surface area contributed by atoms with Crippen molar-refractivity contribution >= 4 is 0 Å². The van der Waals surface area contributed by atoms with Crippen LogP contribution in [0.1, 0.15) is 31.0 Å². The Bertz CT molecular complexity index is 341. The van der Waals surface area contributed by atoms with Crippen LogP contribution in [0.3, 0.4) is 0 Å². The topological polar surface area (TPSA) is 38.5 Å². The number of rotatable bonds is 8. The maximum absolute atomic E-state index is 5.99. The summed E-state index contributed by atoms with van der Waals surface area (Å²) in [5.74, 6) is 0. The number of ether oxygens (including phenoxy) is 1. The fourth-order valence-electron chi connectivity index (χ4n) is 2.40. The molecule has 3 nitrogen and oxygen atoms in total. The molecule has 0 spiro atoms. The second-order valence-corrected chi connectivity index (χ2v) is 4.43. The Morgan fingerprint density at radius 1 is 1.28 bits per heavy atom. The SMILES string of the molecule is CCc1ccccc1C(CN)N(CC)CCOC. The molecule has 0 amide bonds. The molecule has 0 aromatic heterocycles. The predicted molar refractivity (Wildman–Crippen MR) is 76.7 cm³/mol. The summed E-state index contributed by atoms with van der Waals surface area (Å²) < 4.78 is 5.18. The largest absolute Gasteiger partial charge is 0.383 e. The highest BCUT2D eigenvalue weighted by Gasteiger charge is 2.19. The Morgan fingerprint density at radius 3 is 2.56 bits per heavy atom. The fourth-order valence-corrected chi connectivity index (χ4v) is 2.40.